The molecule has 0 unspecified atom stereocenters. The Morgan fingerprint density at radius 1 is 0.968 bits per heavy atom. The van der Waals surface area contributed by atoms with Crippen LogP contribution in [-0.2, 0) is 14.3 Å². The fraction of sp³-hybridized carbons (Fsp3) is 0.407. The molecule has 0 N–H and O–H groups in total. The van der Waals surface area contributed by atoms with Crippen LogP contribution in [0.2, 0.25) is 0 Å². The molecule has 0 spiro atoms. The van der Waals surface area contributed by atoms with Gasteiger partial charge in [0.1, 0.15) is 6.10 Å². The van der Waals surface area contributed by atoms with Crippen LogP contribution in [0, 0.1) is 0 Å². The molecule has 1 fully saturated rings. The van der Waals surface area contributed by atoms with Gasteiger partial charge >= 0.3 is 5.97 Å². The van der Waals surface area contributed by atoms with Crippen LogP contribution >= 0.6 is 0 Å². The lowest BCUT2D eigenvalue weighted by Crippen LogP contribution is -2.34. The van der Waals surface area contributed by atoms with Gasteiger partial charge in [-0.15, -0.1) is 0 Å². The summed E-state index contributed by atoms with van der Waals surface area (Å²) in [4.78, 5) is 28.3. The number of benzene rings is 2. The Morgan fingerprint density at radius 3 is 2.58 bits per heavy atom. The summed E-state index contributed by atoms with van der Waals surface area (Å²) >= 11 is 0. The number of anilines is 1. The highest BCUT2D eigenvalue weighted by Gasteiger charge is 2.35. The van der Waals surface area contributed by atoms with E-state index in [0.717, 1.165) is 72.0 Å². The lowest BCUT2D eigenvalue weighted by atomic mass is 9.85. The molecular formula is C27H29NO3. The van der Waals surface area contributed by atoms with Gasteiger partial charge < -0.3 is 9.64 Å². The highest BCUT2D eigenvalue weighted by molar-refractivity contribution is 6.04. The maximum atomic E-state index is 13.3. The Bertz CT molecular complexity index is 1100. The predicted molar refractivity (Wildman–Crippen MR) is 123 cm³/mol. The number of ether oxygens (including phenoxy) is 1. The van der Waals surface area contributed by atoms with Crippen LogP contribution in [0.1, 0.15) is 64.7 Å². The average Bonchev–Trinajstić information content (AvgIpc) is 2.79. The summed E-state index contributed by atoms with van der Waals surface area (Å²) in [6.07, 6.45) is 8.01. The van der Waals surface area contributed by atoms with E-state index in [1.165, 1.54) is 6.42 Å². The second kappa shape index (κ2) is 8.33. The summed E-state index contributed by atoms with van der Waals surface area (Å²) in [5, 5.41) is 2.27. The number of nitrogens with zero attached hydrogens (tertiary/aromatic N) is 1. The molecule has 1 saturated carbocycles. The molecule has 0 aromatic heterocycles. The lowest BCUT2D eigenvalue weighted by Gasteiger charge is -2.38. The van der Waals surface area contributed by atoms with Crippen molar-refractivity contribution in [2.45, 2.75) is 70.8 Å². The van der Waals surface area contributed by atoms with Crippen LogP contribution < -0.4 is 4.90 Å². The zero-order valence-corrected chi connectivity index (χ0v) is 18.2. The molecule has 2 aromatic rings. The molecule has 1 heterocycles. The molecule has 0 amide bonds. The van der Waals surface area contributed by atoms with Gasteiger partial charge in [0.2, 0.25) is 0 Å². The number of ketones is 1. The van der Waals surface area contributed by atoms with Gasteiger partial charge in [-0.1, -0.05) is 42.8 Å². The number of hydrogen-bond donors (Lipinski definition) is 0. The molecule has 0 radical (unpaired) electrons. The standard InChI is InChI=1S/C27H29NO3/c1-18-22(27(30)31-20-11-3-2-4-12-20)17-23-25(15-8-16-26(23)29)28(18)24-14-7-10-19-9-5-6-13-21(19)24/h5-7,9-10,13-14,20H,2-4,8,11-12,15-17H2,1H3. The SMILES string of the molecule is CC1=C(C(=O)OC2CCCCC2)CC2=C(CCCC2=O)N1c1cccc2ccccc12. The van der Waals surface area contributed by atoms with Crippen LogP contribution in [0.5, 0.6) is 0 Å². The molecule has 3 aliphatic rings. The minimum atomic E-state index is -0.250. The predicted octanol–water partition coefficient (Wildman–Crippen LogP) is 6.21. The van der Waals surface area contributed by atoms with Crippen molar-refractivity contribution >= 4 is 28.2 Å². The molecule has 31 heavy (non-hydrogen) atoms. The first-order valence-electron chi connectivity index (χ1n) is 11.6. The zero-order chi connectivity index (χ0) is 21.4. The molecule has 4 nitrogen and oxygen atoms in total. The monoisotopic (exact) mass is 415 g/mol. The number of carbonyl (C=O) groups is 2. The normalized spacial score (nSPS) is 20.3. The van der Waals surface area contributed by atoms with Gasteiger partial charge in [0.15, 0.2) is 5.78 Å². The fourth-order valence-corrected chi connectivity index (χ4v) is 5.32. The van der Waals surface area contributed by atoms with E-state index in [4.69, 9.17) is 4.74 Å². The van der Waals surface area contributed by atoms with E-state index in [1.54, 1.807) is 0 Å². The molecule has 4 heteroatoms. The van der Waals surface area contributed by atoms with Crippen molar-refractivity contribution in [1.82, 2.24) is 0 Å². The fourth-order valence-electron chi connectivity index (χ4n) is 5.32. The van der Waals surface area contributed by atoms with Crippen molar-refractivity contribution in [2.24, 2.45) is 0 Å². The van der Waals surface area contributed by atoms with Crippen LogP contribution in [-0.4, -0.2) is 17.9 Å². The van der Waals surface area contributed by atoms with Gasteiger partial charge in [-0.3, -0.25) is 4.79 Å². The van der Waals surface area contributed by atoms with Gasteiger partial charge in [-0.25, -0.2) is 4.79 Å². The minimum Gasteiger partial charge on any atom is -0.459 e. The summed E-state index contributed by atoms with van der Waals surface area (Å²) in [5.41, 5.74) is 4.40. The number of hydrogen-bond acceptors (Lipinski definition) is 4. The third-order valence-corrected chi connectivity index (χ3v) is 6.98. The first kappa shape index (κ1) is 20.0. The van der Waals surface area contributed by atoms with E-state index in [2.05, 4.69) is 29.2 Å². The first-order valence-corrected chi connectivity index (χ1v) is 11.6. The Hall–Kier alpha value is -2.88. The van der Waals surface area contributed by atoms with Crippen molar-refractivity contribution in [1.29, 1.82) is 0 Å². The van der Waals surface area contributed by atoms with Gasteiger partial charge in [0.25, 0.3) is 0 Å². The molecule has 2 aliphatic carbocycles. The number of fused-ring (bicyclic) bond motifs is 1. The number of Topliss-reactive ketones (excluding diaryl/α,β-unsaturated/α-hetero) is 1. The summed E-state index contributed by atoms with van der Waals surface area (Å²) in [7, 11) is 0. The van der Waals surface area contributed by atoms with Crippen molar-refractivity contribution in [3.05, 3.63) is 65.0 Å². The Labute approximate surface area is 183 Å². The molecule has 5 rings (SSSR count). The van der Waals surface area contributed by atoms with Crippen molar-refractivity contribution < 1.29 is 14.3 Å². The highest BCUT2D eigenvalue weighted by Crippen LogP contribution is 2.42. The maximum Gasteiger partial charge on any atom is 0.336 e. The molecular weight excluding hydrogens is 386 g/mol. The van der Waals surface area contributed by atoms with Gasteiger partial charge in [-0.2, -0.15) is 0 Å². The second-order valence-corrected chi connectivity index (χ2v) is 8.94. The number of rotatable bonds is 3. The van der Waals surface area contributed by atoms with Crippen molar-refractivity contribution in [3.63, 3.8) is 0 Å². The average molecular weight is 416 g/mol. The summed E-state index contributed by atoms with van der Waals surface area (Å²) in [6.45, 7) is 2.00. The van der Waals surface area contributed by atoms with Gasteiger partial charge in [0, 0.05) is 35.2 Å². The molecule has 0 saturated heterocycles. The van der Waals surface area contributed by atoms with E-state index < -0.39 is 0 Å². The van der Waals surface area contributed by atoms with Crippen molar-refractivity contribution in [3.8, 4) is 0 Å². The van der Waals surface area contributed by atoms with E-state index >= 15 is 0 Å². The lowest BCUT2D eigenvalue weighted by molar-refractivity contribution is -0.145. The Balaban J connectivity index is 1.59. The molecule has 1 aliphatic heterocycles. The number of allylic oxidation sites excluding steroid dienone is 3. The Morgan fingerprint density at radius 2 is 1.74 bits per heavy atom. The third-order valence-electron chi connectivity index (χ3n) is 6.98. The quantitative estimate of drug-likeness (QED) is 0.559. The second-order valence-electron chi connectivity index (χ2n) is 8.94. The van der Waals surface area contributed by atoms with Crippen LogP contribution in [0.25, 0.3) is 10.8 Å². The van der Waals surface area contributed by atoms with Crippen LogP contribution in [0.4, 0.5) is 5.69 Å². The van der Waals surface area contributed by atoms with Crippen LogP contribution in [0.3, 0.4) is 0 Å². The molecule has 160 valence electrons. The number of esters is 1. The molecule has 2 aromatic carbocycles. The zero-order valence-electron chi connectivity index (χ0n) is 18.2. The molecule has 0 atom stereocenters. The van der Waals surface area contributed by atoms with E-state index in [0.29, 0.717) is 18.4 Å². The largest absolute Gasteiger partial charge is 0.459 e. The maximum absolute atomic E-state index is 13.3. The minimum absolute atomic E-state index is 0.00462. The van der Waals surface area contributed by atoms with E-state index in [1.807, 2.05) is 25.1 Å². The Kier molecular flexibility index (Phi) is 5.39. The van der Waals surface area contributed by atoms with Gasteiger partial charge in [0.05, 0.1) is 11.3 Å². The topological polar surface area (TPSA) is 46.6 Å². The molecule has 0 bridgehead atoms. The highest BCUT2D eigenvalue weighted by atomic mass is 16.5. The first-order chi connectivity index (χ1) is 15.1. The van der Waals surface area contributed by atoms with E-state index in [9.17, 15) is 9.59 Å². The summed E-state index contributed by atoms with van der Waals surface area (Å²) in [6, 6.07) is 14.5. The third kappa shape index (κ3) is 3.69. The summed E-state index contributed by atoms with van der Waals surface area (Å²) < 4.78 is 5.93. The smallest absolute Gasteiger partial charge is 0.336 e. The van der Waals surface area contributed by atoms with Gasteiger partial charge in [-0.05, 0) is 56.9 Å². The number of carbonyl (C=O) groups excluding carboxylic acids is 2. The van der Waals surface area contributed by atoms with Crippen molar-refractivity contribution in [2.75, 3.05) is 4.90 Å². The van der Waals surface area contributed by atoms with Crippen LogP contribution in [0.15, 0.2) is 65.0 Å². The van der Waals surface area contributed by atoms with E-state index in [-0.39, 0.29) is 17.9 Å². The summed E-state index contributed by atoms with van der Waals surface area (Å²) in [5.74, 6) is -0.0819.